The highest BCUT2D eigenvalue weighted by Crippen LogP contribution is 2.45. The Morgan fingerprint density at radius 2 is 1.21 bits per heavy atom. The monoisotopic (exact) mass is 725 g/mol. The molecule has 0 atom stereocenters. The Balaban J connectivity index is 1.36. The first-order valence-electron chi connectivity index (χ1n) is 15.6. The van der Waals surface area contributed by atoms with Gasteiger partial charge in [0.05, 0.1) is 75.2 Å². The second kappa shape index (κ2) is 15.0. The summed E-state index contributed by atoms with van der Waals surface area (Å²) in [4.78, 5) is 31.5. The summed E-state index contributed by atoms with van der Waals surface area (Å²) in [5.41, 5.74) is 1.56. The largest absolute Gasteiger partial charge is 0.493 e. The zero-order valence-corrected chi connectivity index (χ0v) is 29.2. The van der Waals surface area contributed by atoms with E-state index < -0.39 is 21.2 Å². The van der Waals surface area contributed by atoms with Gasteiger partial charge < -0.3 is 37.7 Å². The van der Waals surface area contributed by atoms with Gasteiger partial charge in [-0.25, -0.2) is 4.98 Å². The van der Waals surface area contributed by atoms with E-state index in [1.807, 2.05) is 0 Å². The quantitative estimate of drug-likeness (QED) is 0.0814. The summed E-state index contributed by atoms with van der Waals surface area (Å²) in [6, 6.07) is 17.3. The Bertz CT molecular complexity index is 2290. The predicted octanol–water partition coefficient (Wildman–Crippen LogP) is 7.07. The smallest absolute Gasteiger partial charge is 0.285 e. The number of nitro benzene ring substituents is 2. The van der Waals surface area contributed by atoms with Crippen LogP contribution in [0.5, 0.6) is 40.2 Å². The summed E-state index contributed by atoms with van der Waals surface area (Å²) in [5, 5.41) is 27.9. The maximum absolute atomic E-state index is 12.1. The molecule has 0 fully saturated rings. The molecular weight excluding hydrogens is 694 g/mol. The van der Waals surface area contributed by atoms with Gasteiger partial charge in [-0.1, -0.05) is 17.3 Å². The van der Waals surface area contributed by atoms with Crippen LogP contribution < -0.4 is 33.2 Å². The standard InChI is InChI=1S/C36H31N5O12/c1-46-28-11-20(12-29(47-2)34(28)50-5)33-24(17-25-26(37-33)15-22(40(42)43)16-27(25)41(44)45)19-7-9-23(10-8-19)52-18-32-38-36(53-39-32)21-13-30(48-3)35(51-6)31(14-21)49-4/h7-17H,18H2,1-6H3. The fourth-order valence-electron chi connectivity index (χ4n) is 5.67. The highest BCUT2D eigenvalue weighted by Gasteiger charge is 2.25. The summed E-state index contributed by atoms with van der Waals surface area (Å²) in [6.07, 6.45) is 0. The van der Waals surface area contributed by atoms with Gasteiger partial charge in [0.15, 0.2) is 29.6 Å². The van der Waals surface area contributed by atoms with Crippen LogP contribution in [0.1, 0.15) is 5.82 Å². The highest BCUT2D eigenvalue weighted by atomic mass is 16.6. The van der Waals surface area contributed by atoms with Gasteiger partial charge in [-0.15, -0.1) is 0 Å². The molecule has 17 nitrogen and oxygen atoms in total. The van der Waals surface area contributed by atoms with Crippen molar-refractivity contribution in [3.63, 3.8) is 0 Å². The van der Waals surface area contributed by atoms with Crippen molar-refractivity contribution in [3.05, 3.63) is 92.8 Å². The topological polar surface area (TPSA) is 203 Å². The van der Waals surface area contributed by atoms with Crippen LogP contribution in [0, 0.1) is 20.2 Å². The molecule has 272 valence electrons. The van der Waals surface area contributed by atoms with Crippen LogP contribution in [0.3, 0.4) is 0 Å². The average Bonchev–Trinajstić information content (AvgIpc) is 3.67. The van der Waals surface area contributed by atoms with E-state index in [9.17, 15) is 20.2 Å². The van der Waals surface area contributed by atoms with E-state index >= 15 is 0 Å². The minimum absolute atomic E-state index is 0.0353. The lowest BCUT2D eigenvalue weighted by Crippen LogP contribution is -2.00. The number of hydrogen-bond donors (Lipinski definition) is 0. The molecule has 6 aromatic rings. The first kappa shape index (κ1) is 35.6. The zero-order chi connectivity index (χ0) is 37.8. The normalized spacial score (nSPS) is 10.8. The number of methoxy groups -OCH3 is 6. The first-order chi connectivity index (χ1) is 25.6. The van der Waals surface area contributed by atoms with E-state index in [0.717, 1.165) is 6.07 Å². The predicted molar refractivity (Wildman–Crippen MR) is 189 cm³/mol. The van der Waals surface area contributed by atoms with Gasteiger partial charge in [0.25, 0.3) is 17.3 Å². The molecule has 53 heavy (non-hydrogen) atoms. The van der Waals surface area contributed by atoms with Gasteiger partial charge in [0, 0.05) is 22.8 Å². The molecule has 2 aromatic heterocycles. The number of aromatic nitrogens is 3. The van der Waals surface area contributed by atoms with E-state index in [1.165, 1.54) is 48.7 Å². The molecule has 6 rings (SSSR count). The molecule has 0 N–H and O–H groups in total. The van der Waals surface area contributed by atoms with Gasteiger partial charge in [-0.05, 0) is 48.0 Å². The SMILES string of the molecule is COc1cc(-c2nc(COc3ccc(-c4cc5c([N+](=O)[O-])cc([N+](=O)[O-])cc5nc4-c4cc(OC)c(OC)c(OC)c4)cc3)no2)cc(OC)c1OC. The minimum atomic E-state index is -0.706. The molecule has 2 heterocycles. The molecule has 17 heteroatoms. The molecule has 0 aliphatic rings. The average molecular weight is 726 g/mol. The lowest BCUT2D eigenvalue weighted by molar-refractivity contribution is -0.393. The van der Waals surface area contributed by atoms with Crippen LogP contribution in [-0.2, 0) is 6.61 Å². The van der Waals surface area contributed by atoms with E-state index in [2.05, 4.69) is 10.1 Å². The van der Waals surface area contributed by atoms with Crippen molar-refractivity contribution in [1.82, 2.24) is 15.1 Å². The zero-order valence-electron chi connectivity index (χ0n) is 29.2. The Morgan fingerprint density at radius 1 is 0.642 bits per heavy atom. The molecule has 0 aliphatic carbocycles. The number of benzene rings is 4. The minimum Gasteiger partial charge on any atom is -0.493 e. The molecule has 0 radical (unpaired) electrons. The van der Waals surface area contributed by atoms with Crippen molar-refractivity contribution in [3.8, 4) is 74.1 Å². The van der Waals surface area contributed by atoms with Crippen LogP contribution in [-0.4, -0.2) is 67.6 Å². The molecule has 0 aliphatic heterocycles. The Morgan fingerprint density at radius 3 is 1.72 bits per heavy atom. The number of non-ortho nitro benzene ring substituents is 2. The Hall–Kier alpha value is -7.17. The number of hydrogen-bond acceptors (Lipinski definition) is 15. The van der Waals surface area contributed by atoms with Crippen molar-refractivity contribution in [2.45, 2.75) is 6.61 Å². The van der Waals surface area contributed by atoms with E-state index in [0.29, 0.717) is 68.2 Å². The number of nitro groups is 2. The van der Waals surface area contributed by atoms with Crippen LogP contribution in [0.25, 0.3) is 44.7 Å². The number of fused-ring (bicyclic) bond motifs is 1. The van der Waals surface area contributed by atoms with Crippen LogP contribution in [0.15, 0.2) is 71.3 Å². The second-order valence-corrected chi connectivity index (χ2v) is 11.1. The fourth-order valence-corrected chi connectivity index (χ4v) is 5.67. The van der Waals surface area contributed by atoms with Crippen LogP contribution in [0.4, 0.5) is 11.4 Å². The van der Waals surface area contributed by atoms with E-state index in [1.54, 1.807) is 54.6 Å². The summed E-state index contributed by atoms with van der Waals surface area (Å²) in [5.74, 6) is 3.19. The van der Waals surface area contributed by atoms with Crippen LogP contribution >= 0.6 is 0 Å². The van der Waals surface area contributed by atoms with Gasteiger partial charge in [-0.2, -0.15) is 4.98 Å². The number of nitrogens with zero attached hydrogens (tertiary/aromatic N) is 5. The van der Waals surface area contributed by atoms with Crippen molar-refractivity contribution < 1.29 is 47.5 Å². The molecule has 4 aromatic carbocycles. The third-order valence-electron chi connectivity index (χ3n) is 8.16. The lowest BCUT2D eigenvalue weighted by atomic mass is 9.96. The maximum atomic E-state index is 12.1. The van der Waals surface area contributed by atoms with E-state index in [-0.39, 0.29) is 29.2 Å². The summed E-state index contributed by atoms with van der Waals surface area (Å²) in [7, 11) is 8.90. The van der Waals surface area contributed by atoms with Crippen molar-refractivity contribution >= 4 is 22.3 Å². The third-order valence-corrected chi connectivity index (χ3v) is 8.16. The summed E-state index contributed by atoms with van der Waals surface area (Å²) in [6.45, 7) is -0.0353. The molecule has 0 saturated carbocycles. The molecule has 0 amide bonds. The third kappa shape index (κ3) is 6.94. The maximum Gasteiger partial charge on any atom is 0.285 e. The van der Waals surface area contributed by atoms with Gasteiger partial charge in [-0.3, -0.25) is 20.2 Å². The van der Waals surface area contributed by atoms with Crippen molar-refractivity contribution in [2.24, 2.45) is 0 Å². The lowest BCUT2D eigenvalue weighted by Gasteiger charge is -2.16. The summed E-state index contributed by atoms with van der Waals surface area (Å²) >= 11 is 0. The molecule has 0 saturated heterocycles. The van der Waals surface area contributed by atoms with Crippen molar-refractivity contribution in [1.29, 1.82) is 0 Å². The number of ether oxygens (including phenoxy) is 7. The first-order valence-corrected chi connectivity index (χ1v) is 15.6. The fraction of sp³-hybridized carbons (Fsp3) is 0.194. The van der Waals surface area contributed by atoms with Gasteiger partial charge >= 0.3 is 0 Å². The Kier molecular flexibility index (Phi) is 10.1. The Labute approximate surface area is 300 Å². The van der Waals surface area contributed by atoms with Crippen LogP contribution in [0.2, 0.25) is 0 Å². The highest BCUT2D eigenvalue weighted by molar-refractivity contribution is 5.98. The number of rotatable bonds is 14. The molecular formula is C36H31N5O12. The number of pyridine rings is 1. The summed E-state index contributed by atoms with van der Waals surface area (Å²) < 4.78 is 44.2. The second-order valence-electron chi connectivity index (χ2n) is 11.1. The molecule has 0 unspecified atom stereocenters. The van der Waals surface area contributed by atoms with E-state index in [4.69, 9.17) is 42.7 Å². The van der Waals surface area contributed by atoms with Gasteiger partial charge in [0.1, 0.15) is 5.75 Å². The van der Waals surface area contributed by atoms with Crippen molar-refractivity contribution in [2.75, 3.05) is 42.7 Å². The molecule has 0 spiro atoms. The molecule has 0 bridgehead atoms. The van der Waals surface area contributed by atoms with Gasteiger partial charge in [0.2, 0.25) is 17.3 Å².